The van der Waals surface area contributed by atoms with Crippen molar-refractivity contribution in [2.75, 3.05) is 33.4 Å². The molecule has 6 nitrogen and oxygen atoms in total. The summed E-state index contributed by atoms with van der Waals surface area (Å²) in [6.07, 6.45) is 5.63. The highest BCUT2D eigenvalue weighted by Crippen LogP contribution is 2.21. The Morgan fingerprint density at radius 2 is 2.25 bits per heavy atom. The molecule has 8 heteroatoms. The third kappa shape index (κ3) is 5.03. The lowest BCUT2D eigenvalue weighted by atomic mass is 10.1. The van der Waals surface area contributed by atoms with E-state index >= 15 is 0 Å². The van der Waals surface area contributed by atoms with Crippen LogP contribution in [0.3, 0.4) is 0 Å². The predicted molar refractivity (Wildman–Crippen MR) is 107 cm³/mol. The number of hydrogen-bond acceptors (Lipinski definition) is 5. The van der Waals surface area contributed by atoms with Crippen molar-refractivity contribution in [3.05, 3.63) is 16.1 Å². The van der Waals surface area contributed by atoms with Gasteiger partial charge in [0, 0.05) is 37.8 Å². The Balaban J connectivity index is 0.00000208. The molecule has 24 heavy (non-hydrogen) atoms. The van der Waals surface area contributed by atoms with Gasteiger partial charge >= 0.3 is 0 Å². The van der Waals surface area contributed by atoms with E-state index < -0.39 is 0 Å². The van der Waals surface area contributed by atoms with E-state index in [0.717, 1.165) is 63.1 Å². The predicted octanol–water partition coefficient (Wildman–Crippen LogP) is 2.28. The SMILES string of the molecule is CCc1cnc(CNC(=NC)N2CCOC(C3CCCO3)C2)s1.I. The zero-order valence-electron chi connectivity index (χ0n) is 14.4. The van der Waals surface area contributed by atoms with E-state index in [4.69, 9.17) is 9.47 Å². The van der Waals surface area contributed by atoms with Crippen molar-refractivity contribution in [1.82, 2.24) is 15.2 Å². The van der Waals surface area contributed by atoms with Crippen LogP contribution in [0.25, 0.3) is 0 Å². The van der Waals surface area contributed by atoms with E-state index in [2.05, 4.69) is 27.1 Å². The molecule has 0 aliphatic carbocycles. The minimum atomic E-state index is 0. The van der Waals surface area contributed by atoms with Crippen LogP contribution in [0.4, 0.5) is 0 Å². The Hall–Kier alpha value is -0.450. The summed E-state index contributed by atoms with van der Waals surface area (Å²) in [6, 6.07) is 0. The molecule has 0 bridgehead atoms. The van der Waals surface area contributed by atoms with Crippen molar-refractivity contribution in [2.24, 2.45) is 4.99 Å². The van der Waals surface area contributed by atoms with Gasteiger partial charge in [-0.25, -0.2) is 4.98 Å². The Morgan fingerprint density at radius 1 is 1.42 bits per heavy atom. The van der Waals surface area contributed by atoms with Crippen molar-refractivity contribution in [3.8, 4) is 0 Å². The molecular weight excluding hydrogens is 439 g/mol. The molecule has 2 unspecified atom stereocenters. The number of guanidine groups is 1. The van der Waals surface area contributed by atoms with Crippen molar-refractivity contribution in [1.29, 1.82) is 0 Å². The van der Waals surface area contributed by atoms with Crippen LogP contribution in [0.2, 0.25) is 0 Å². The van der Waals surface area contributed by atoms with E-state index in [1.807, 2.05) is 13.2 Å². The summed E-state index contributed by atoms with van der Waals surface area (Å²) in [6.45, 7) is 6.16. The van der Waals surface area contributed by atoms with E-state index in [0.29, 0.717) is 0 Å². The fraction of sp³-hybridized carbons (Fsp3) is 0.750. The van der Waals surface area contributed by atoms with Crippen molar-refractivity contribution in [2.45, 2.75) is 44.9 Å². The van der Waals surface area contributed by atoms with Crippen LogP contribution < -0.4 is 5.32 Å². The zero-order chi connectivity index (χ0) is 16.1. The third-order valence-corrected chi connectivity index (χ3v) is 5.47. The number of aliphatic imine (C=N–C) groups is 1. The summed E-state index contributed by atoms with van der Waals surface area (Å²) < 4.78 is 11.7. The number of aromatic nitrogens is 1. The molecule has 136 valence electrons. The Labute approximate surface area is 165 Å². The lowest BCUT2D eigenvalue weighted by Crippen LogP contribution is -2.53. The molecule has 0 radical (unpaired) electrons. The molecule has 2 fully saturated rings. The molecular formula is C16H27IN4O2S. The monoisotopic (exact) mass is 466 g/mol. The number of rotatable bonds is 4. The van der Waals surface area contributed by atoms with Crippen molar-refractivity contribution < 1.29 is 9.47 Å². The van der Waals surface area contributed by atoms with E-state index in [1.165, 1.54) is 4.88 Å². The van der Waals surface area contributed by atoms with E-state index in [1.54, 1.807) is 11.3 Å². The first-order chi connectivity index (χ1) is 11.3. The molecule has 3 heterocycles. The van der Waals surface area contributed by atoms with E-state index in [-0.39, 0.29) is 36.2 Å². The van der Waals surface area contributed by atoms with Gasteiger partial charge in [-0.15, -0.1) is 35.3 Å². The maximum absolute atomic E-state index is 5.91. The van der Waals surface area contributed by atoms with Crippen LogP contribution in [-0.4, -0.2) is 61.4 Å². The number of hydrogen-bond donors (Lipinski definition) is 1. The van der Waals surface area contributed by atoms with Gasteiger partial charge in [-0.05, 0) is 19.3 Å². The normalized spacial score (nSPS) is 24.8. The molecule has 1 aromatic heterocycles. The largest absolute Gasteiger partial charge is 0.375 e. The Kier molecular flexibility index (Phi) is 8.18. The number of thiazole rings is 1. The fourth-order valence-corrected chi connectivity index (χ4v) is 3.87. The summed E-state index contributed by atoms with van der Waals surface area (Å²) in [4.78, 5) is 12.5. The topological polar surface area (TPSA) is 59.0 Å². The Morgan fingerprint density at radius 3 is 2.92 bits per heavy atom. The summed E-state index contributed by atoms with van der Waals surface area (Å²) in [5, 5.41) is 4.54. The molecule has 0 aromatic carbocycles. The van der Waals surface area contributed by atoms with Crippen LogP contribution >= 0.6 is 35.3 Å². The average molecular weight is 466 g/mol. The van der Waals surface area contributed by atoms with Gasteiger partial charge in [-0.1, -0.05) is 6.92 Å². The second-order valence-electron chi connectivity index (χ2n) is 5.88. The minimum absolute atomic E-state index is 0. The zero-order valence-corrected chi connectivity index (χ0v) is 17.5. The first kappa shape index (κ1) is 19.9. The highest BCUT2D eigenvalue weighted by Gasteiger charge is 2.32. The number of ether oxygens (including phenoxy) is 2. The molecule has 2 atom stereocenters. The molecule has 1 aromatic rings. The molecule has 2 aliphatic heterocycles. The second-order valence-corrected chi connectivity index (χ2v) is 7.08. The van der Waals surface area contributed by atoms with Crippen molar-refractivity contribution >= 4 is 41.3 Å². The molecule has 1 N–H and O–H groups in total. The minimum Gasteiger partial charge on any atom is -0.375 e. The smallest absolute Gasteiger partial charge is 0.194 e. The summed E-state index contributed by atoms with van der Waals surface area (Å²) in [7, 11) is 1.83. The second kappa shape index (κ2) is 9.88. The number of morpholine rings is 1. The fourth-order valence-electron chi connectivity index (χ4n) is 3.07. The molecule has 0 saturated carbocycles. The average Bonchev–Trinajstić information content (AvgIpc) is 3.27. The lowest BCUT2D eigenvalue weighted by molar-refractivity contribution is -0.0817. The molecule has 3 rings (SSSR count). The van der Waals surface area contributed by atoms with Gasteiger partial charge in [0.05, 0.1) is 19.3 Å². The van der Waals surface area contributed by atoms with Gasteiger partial charge in [0.15, 0.2) is 5.96 Å². The van der Waals surface area contributed by atoms with Gasteiger partial charge in [0.25, 0.3) is 0 Å². The first-order valence-electron chi connectivity index (χ1n) is 8.42. The lowest BCUT2D eigenvalue weighted by Gasteiger charge is -2.37. The number of nitrogens with zero attached hydrogens (tertiary/aromatic N) is 3. The van der Waals surface area contributed by atoms with E-state index in [9.17, 15) is 0 Å². The molecule has 2 aliphatic rings. The first-order valence-corrected chi connectivity index (χ1v) is 9.24. The summed E-state index contributed by atoms with van der Waals surface area (Å²) in [5.41, 5.74) is 0. The molecule has 2 saturated heterocycles. The van der Waals surface area contributed by atoms with Gasteiger partial charge in [0.2, 0.25) is 0 Å². The van der Waals surface area contributed by atoms with Crippen LogP contribution in [0, 0.1) is 0 Å². The summed E-state index contributed by atoms with van der Waals surface area (Å²) >= 11 is 1.76. The number of aryl methyl sites for hydroxylation is 1. The highest BCUT2D eigenvalue weighted by atomic mass is 127. The van der Waals surface area contributed by atoms with Gasteiger partial charge < -0.3 is 19.7 Å². The van der Waals surface area contributed by atoms with Gasteiger partial charge in [-0.3, -0.25) is 4.99 Å². The van der Waals surface area contributed by atoms with Crippen LogP contribution in [0.1, 0.15) is 29.7 Å². The maximum atomic E-state index is 5.91. The van der Waals surface area contributed by atoms with Crippen molar-refractivity contribution in [3.63, 3.8) is 0 Å². The third-order valence-electron chi connectivity index (χ3n) is 4.33. The van der Waals surface area contributed by atoms with Crippen LogP contribution in [-0.2, 0) is 22.4 Å². The standard InChI is InChI=1S/C16H26N4O2S.HI/c1-3-12-9-18-15(23-12)10-19-16(17-2)20-6-8-22-14(11-20)13-5-4-7-21-13;/h9,13-14H,3-8,10-11H2,1-2H3,(H,17,19);1H. The molecule has 0 spiro atoms. The van der Waals surface area contributed by atoms with Gasteiger partial charge in [0.1, 0.15) is 11.1 Å². The molecule has 0 amide bonds. The number of halogens is 1. The van der Waals surface area contributed by atoms with Crippen LogP contribution in [0.15, 0.2) is 11.2 Å². The maximum Gasteiger partial charge on any atom is 0.194 e. The quantitative estimate of drug-likeness (QED) is 0.419. The van der Waals surface area contributed by atoms with Crippen LogP contribution in [0.5, 0.6) is 0 Å². The summed E-state index contributed by atoms with van der Waals surface area (Å²) in [5.74, 6) is 0.921. The number of nitrogens with one attached hydrogen (secondary N) is 1. The highest BCUT2D eigenvalue weighted by molar-refractivity contribution is 14.0. The van der Waals surface area contributed by atoms with Gasteiger partial charge in [-0.2, -0.15) is 0 Å². The Bertz CT molecular complexity index is 534.